The lowest BCUT2D eigenvalue weighted by Gasteiger charge is -2.32. The molecule has 1 aliphatic rings. The lowest BCUT2D eigenvalue weighted by molar-refractivity contribution is -0.129. The number of esters is 1. The molecule has 0 spiro atoms. The Morgan fingerprint density at radius 1 is 1.08 bits per heavy atom. The van der Waals surface area contributed by atoms with Crippen LogP contribution in [0, 0.1) is 6.92 Å². The van der Waals surface area contributed by atoms with Crippen LogP contribution in [0.4, 0.5) is 11.4 Å². The predicted octanol–water partition coefficient (Wildman–Crippen LogP) is 6.10. The molecule has 36 heavy (non-hydrogen) atoms. The quantitative estimate of drug-likeness (QED) is 0.292. The van der Waals surface area contributed by atoms with Gasteiger partial charge in [0.1, 0.15) is 5.25 Å². The average Bonchev–Trinajstić information content (AvgIpc) is 2.85. The van der Waals surface area contributed by atoms with Crippen molar-refractivity contribution in [3.8, 4) is 0 Å². The van der Waals surface area contributed by atoms with E-state index in [1.54, 1.807) is 36.1 Å². The summed E-state index contributed by atoms with van der Waals surface area (Å²) in [5, 5.41) is 2.87. The third-order valence-corrected chi connectivity index (χ3v) is 6.99. The largest absolute Gasteiger partial charge is 0.462 e. The van der Waals surface area contributed by atoms with Gasteiger partial charge in [0.15, 0.2) is 5.17 Å². The lowest BCUT2D eigenvalue weighted by Crippen LogP contribution is -2.45. The molecular weight excluding hydrogens is 474 g/mol. The molecule has 2 aromatic rings. The van der Waals surface area contributed by atoms with Gasteiger partial charge in [-0.3, -0.25) is 14.5 Å². The van der Waals surface area contributed by atoms with Crippen LogP contribution in [0.25, 0.3) is 0 Å². The molecule has 0 aromatic heterocycles. The first kappa shape index (κ1) is 27.5. The highest BCUT2D eigenvalue weighted by atomic mass is 32.2. The van der Waals surface area contributed by atoms with Crippen LogP contribution in [0.2, 0.25) is 0 Å². The van der Waals surface area contributed by atoms with Gasteiger partial charge in [0.2, 0.25) is 11.8 Å². The summed E-state index contributed by atoms with van der Waals surface area (Å²) in [6.45, 7) is 6.77. The van der Waals surface area contributed by atoms with E-state index in [0.717, 1.165) is 31.2 Å². The molecule has 2 amide bonds. The van der Waals surface area contributed by atoms with E-state index in [-0.39, 0.29) is 24.2 Å². The molecule has 2 aromatic carbocycles. The number of benzene rings is 2. The number of anilines is 1. The fourth-order valence-electron chi connectivity index (χ4n) is 3.88. The van der Waals surface area contributed by atoms with Crippen LogP contribution in [-0.4, -0.2) is 46.3 Å². The van der Waals surface area contributed by atoms with Gasteiger partial charge in [-0.05, 0) is 62.2 Å². The SMILES string of the molecule is CCCCCCCN1C(=O)CC(C(=O)Nc2cccc(C)c2)SC1=Nc1ccc(C(=O)OCC)cc1. The van der Waals surface area contributed by atoms with Crippen molar-refractivity contribution in [1.29, 1.82) is 0 Å². The topological polar surface area (TPSA) is 88.1 Å². The monoisotopic (exact) mass is 509 g/mol. The Labute approximate surface area is 217 Å². The molecule has 3 rings (SSSR count). The van der Waals surface area contributed by atoms with Gasteiger partial charge in [0, 0.05) is 18.7 Å². The molecule has 1 atom stereocenters. The lowest BCUT2D eigenvalue weighted by atomic mass is 10.1. The Bertz CT molecular complexity index is 1080. The molecule has 1 saturated heterocycles. The number of nitrogens with one attached hydrogen (secondary N) is 1. The van der Waals surface area contributed by atoms with Crippen LogP contribution in [0.15, 0.2) is 53.5 Å². The summed E-state index contributed by atoms with van der Waals surface area (Å²) >= 11 is 1.31. The minimum absolute atomic E-state index is 0.101. The Morgan fingerprint density at radius 2 is 1.83 bits per heavy atom. The second-order valence-corrected chi connectivity index (χ2v) is 9.96. The highest BCUT2D eigenvalue weighted by Gasteiger charge is 2.35. The zero-order valence-corrected chi connectivity index (χ0v) is 22.1. The molecule has 0 radical (unpaired) electrons. The number of thioether (sulfide) groups is 1. The highest BCUT2D eigenvalue weighted by Crippen LogP contribution is 2.30. The maximum Gasteiger partial charge on any atom is 0.338 e. The normalized spacial score (nSPS) is 16.8. The molecule has 0 saturated carbocycles. The smallest absolute Gasteiger partial charge is 0.338 e. The fraction of sp³-hybridized carbons (Fsp3) is 0.429. The van der Waals surface area contributed by atoms with Crippen molar-refractivity contribution < 1.29 is 19.1 Å². The van der Waals surface area contributed by atoms with Crippen molar-refractivity contribution in [2.75, 3.05) is 18.5 Å². The van der Waals surface area contributed by atoms with Crippen LogP contribution in [0.1, 0.15) is 68.3 Å². The van der Waals surface area contributed by atoms with Crippen molar-refractivity contribution in [1.82, 2.24) is 4.90 Å². The van der Waals surface area contributed by atoms with Crippen molar-refractivity contribution in [3.63, 3.8) is 0 Å². The van der Waals surface area contributed by atoms with Gasteiger partial charge in [-0.15, -0.1) is 0 Å². The molecule has 0 aliphatic carbocycles. The van der Waals surface area contributed by atoms with Gasteiger partial charge >= 0.3 is 5.97 Å². The summed E-state index contributed by atoms with van der Waals surface area (Å²) < 4.78 is 5.04. The van der Waals surface area contributed by atoms with E-state index in [1.807, 2.05) is 31.2 Å². The third-order valence-electron chi connectivity index (χ3n) is 5.81. The minimum atomic E-state index is -0.577. The van der Waals surface area contributed by atoms with Crippen LogP contribution in [-0.2, 0) is 14.3 Å². The molecule has 1 heterocycles. The van der Waals surface area contributed by atoms with Crippen LogP contribution in [0.3, 0.4) is 0 Å². The Balaban J connectivity index is 1.78. The first-order chi connectivity index (χ1) is 17.4. The van der Waals surface area contributed by atoms with E-state index in [0.29, 0.717) is 35.3 Å². The molecule has 1 N–H and O–H groups in total. The molecule has 192 valence electrons. The molecule has 7 nitrogen and oxygen atoms in total. The maximum absolute atomic E-state index is 13.1. The Hall–Kier alpha value is -3.13. The first-order valence-electron chi connectivity index (χ1n) is 12.6. The predicted molar refractivity (Wildman–Crippen MR) is 146 cm³/mol. The highest BCUT2D eigenvalue weighted by molar-refractivity contribution is 8.15. The van der Waals surface area contributed by atoms with Gasteiger partial charge in [-0.1, -0.05) is 56.5 Å². The number of carbonyl (C=O) groups is 3. The van der Waals surface area contributed by atoms with Gasteiger partial charge in [0.05, 0.1) is 17.9 Å². The standard InChI is InChI=1S/C28H35N3O4S/c1-4-6-7-8-9-17-31-25(32)19-24(26(33)29-23-12-10-11-20(3)18-23)36-28(31)30-22-15-13-21(14-16-22)27(34)35-5-2/h10-16,18,24H,4-9,17,19H2,1-3H3,(H,29,33). The van der Waals surface area contributed by atoms with Gasteiger partial charge in [-0.25, -0.2) is 9.79 Å². The number of hydrogen-bond acceptors (Lipinski definition) is 6. The number of amidine groups is 1. The third kappa shape index (κ3) is 7.95. The number of hydrogen-bond donors (Lipinski definition) is 1. The van der Waals surface area contributed by atoms with Gasteiger partial charge in [0.25, 0.3) is 0 Å². The van der Waals surface area contributed by atoms with Crippen LogP contribution < -0.4 is 5.32 Å². The minimum Gasteiger partial charge on any atom is -0.462 e. The van der Waals surface area contributed by atoms with Crippen LogP contribution in [0.5, 0.6) is 0 Å². The summed E-state index contributed by atoms with van der Waals surface area (Å²) in [5.74, 6) is -0.706. The number of nitrogens with zero attached hydrogens (tertiary/aromatic N) is 2. The summed E-state index contributed by atoms with van der Waals surface area (Å²) in [4.78, 5) is 44.6. The van der Waals surface area contributed by atoms with Gasteiger partial charge < -0.3 is 10.1 Å². The Kier molecular flexibility index (Phi) is 10.5. The van der Waals surface area contributed by atoms with E-state index in [4.69, 9.17) is 9.73 Å². The second-order valence-electron chi connectivity index (χ2n) is 8.79. The van der Waals surface area contributed by atoms with E-state index >= 15 is 0 Å². The second kappa shape index (κ2) is 13.8. The molecule has 0 bridgehead atoms. The van der Waals surface area contributed by atoms with E-state index in [9.17, 15) is 14.4 Å². The van der Waals surface area contributed by atoms with Crippen molar-refractivity contribution in [2.45, 2.75) is 64.5 Å². The first-order valence-corrected chi connectivity index (χ1v) is 13.5. The van der Waals surface area contributed by atoms with E-state index < -0.39 is 5.25 Å². The number of carbonyl (C=O) groups excluding carboxylic acids is 3. The van der Waals surface area contributed by atoms with Gasteiger partial charge in [-0.2, -0.15) is 0 Å². The number of unbranched alkanes of at least 4 members (excludes halogenated alkanes) is 4. The molecule has 1 fully saturated rings. The van der Waals surface area contributed by atoms with Crippen molar-refractivity contribution >= 4 is 46.1 Å². The summed E-state index contributed by atoms with van der Waals surface area (Å²) in [6, 6.07) is 14.3. The molecule has 1 aliphatic heterocycles. The summed E-state index contributed by atoms with van der Waals surface area (Å²) in [5.41, 5.74) is 2.80. The van der Waals surface area contributed by atoms with E-state index in [2.05, 4.69) is 12.2 Å². The fourth-order valence-corrected chi connectivity index (χ4v) is 5.00. The zero-order valence-electron chi connectivity index (χ0n) is 21.3. The number of aryl methyl sites for hydroxylation is 1. The maximum atomic E-state index is 13.1. The molecular formula is C28H35N3O4S. The summed E-state index contributed by atoms with van der Waals surface area (Å²) in [7, 11) is 0. The number of ether oxygens (including phenoxy) is 1. The summed E-state index contributed by atoms with van der Waals surface area (Å²) in [6.07, 6.45) is 5.52. The van der Waals surface area contributed by atoms with Crippen molar-refractivity contribution in [2.24, 2.45) is 4.99 Å². The number of aliphatic imine (C=N–C) groups is 1. The average molecular weight is 510 g/mol. The molecule has 8 heteroatoms. The van der Waals surface area contributed by atoms with Crippen molar-refractivity contribution in [3.05, 3.63) is 59.7 Å². The number of amides is 2. The van der Waals surface area contributed by atoms with Crippen LogP contribution >= 0.6 is 11.8 Å². The Morgan fingerprint density at radius 3 is 2.53 bits per heavy atom. The zero-order chi connectivity index (χ0) is 25.9. The number of rotatable bonds is 11. The van der Waals surface area contributed by atoms with E-state index in [1.165, 1.54) is 18.2 Å². The molecule has 1 unspecified atom stereocenters.